The average molecular weight is 539 g/mol. The number of rotatable bonds is 10. The van der Waals surface area contributed by atoms with Gasteiger partial charge in [0.05, 0.1) is 11.4 Å². The van der Waals surface area contributed by atoms with Crippen LogP contribution in [0.3, 0.4) is 0 Å². The fourth-order valence-corrected chi connectivity index (χ4v) is 4.48. The van der Waals surface area contributed by atoms with Crippen molar-refractivity contribution in [1.29, 1.82) is 0 Å². The fourth-order valence-electron chi connectivity index (χ4n) is 3.09. The summed E-state index contributed by atoms with van der Waals surface area (Å²) in [5.74, 6) is -0.734. The Morgan fingerprint density at radius 1 is 1.03 bits per heavy atom. The summed E-state index contributed by atoms with van der Waals surface area (Å²) in [6.07, 6.45) is 0.761. The maximum Gasteiger partial charge on any atom is 0.243 e. The zero-order valence-corrected chi connectivity index (χ0v) is 22.1. The van der Waals surface area contributed by atoms with E-state index in [0.717, 1.165) is 26.3 Å². The Hall–Kier alpha value is -2.23. The van der Waals surface area contributed by atoms with Gasteiger partial charge in [-0.1, -0.05) is 52.7 Å². The first kappa shape index (κ1) is 27.0. The lowest BCUT2D eigenvalue weighted by atomic mass is 10.1. The van der Waals surface area contributed by atoms with Crippen molar-refractivity contribution in [3.05, 3.63) is 64.1 Å². The number of aryl methyl sites for hydroxylation is 1. The topological polar surface area (TPSA) is 86.8 Å². The molecule has 2 aromatic carbocycles. The second kappa shape index (κ2) is 11.8. The Morgan fingerprint density at radius 3 is 2.15 bits per heavy atom. The third-order valence-electron chi connectivity index (χ3n) is 5.52. The maximum atomic E-state index is 13.3. The first-order valence-electron chi connectivity index (χ1n) is 10.8. The highest BCUT2D eigenvalue weighted by Gasteiger charge is 2.30. The van der Waals surface area contributed by atoms with Crippen molar-refractivity contribution in [2.45, 2.75) is 57.6 Å². The van der Waals surface area contributed by atoms with E-state index < -0.39 is 22.0 Å². The Balaban J connectivity index is 2.26. The Morgan fingerprint density at radius 2 is 1.61 bits per heavy atom. The Bertz CT molecular complexity index is 1060. The number of nitrogens with one attached hydrogen (secondary N) is 1. The second-order valence-corrected chi connectivity index (χ2v) is 11.2. The summed E-state index contributed by atoms with van der Waals surface area (Å²) in [7, 11) is -2.48. The first-order valence-corrected chi connectivity index (χ1v) is 13.1. The van der Waals surface area contributed by atoms with Crippen LogP contribution in [0.15, 0.2) is 57.9 Å². The van der Waals surface area contributed by atoms with Gasteiger partial charge in [-0.3, -0.25) is 9.59 Å². The molecule has 2 rings (SSSR count). The zero-order valence-electron chi connectivity index (χ0n) is 19.7. The van der Waals surface area contributed by atoms with Crippen LogP contribution in [0.1, 0.15) is 38.3 Å². The highest BCUT2D eigenvalue weighted by Crippen LogP contribution is 2.18. The van der Waals surface area contributed by atoms with Gasteiger partial charge >= 0.3 is 0 Å². The number of benzene rings is 2. The van der Waals surface area contributed by atoms with Crippen LogP contribution >= 0.6 is 15.9 Å². The van der Waals surface area contributed by atoms with Crippen molar-refractivity contribution in [2.24, 2.45) is 0 Å². The quantitative estimate of drug-likeness (QED) is 0.500. The molecule has 1 N–H and O–H groups in total. The number of hydrogen-bond acceptors (Lipinski definition) is 4. The first-order chi connectivity index (χ1) is 15.4. The van der Waals surface area contributed by atoms with Gasteiger partial charge in [-0.15, -0.1) is 0 Å². The number of carbonyl (C=O) groups is 2. The Kier molecular flexibility index (Phi) is 9.63. The van der Waals surface area contributed by atoms with E-state index in [2.05, 4.69) is 21.2 Å². The number of likely N-dealkylation sites (N-methyl/N-ethyl adjacent to an activating group) is 1. The molecular formula is C24H32BrN3O4S. The molecule has 0 unspecified atom stereocenters. The largest absolute Gasteiger partial charge is 0.352 e. The summed E-state index contributed by atoms with van der Waals surface area (Å²) in [6.45, 7) is 7.18. The highest BCUT2D eigenvalue weighted by molar-refractivity contribution is 9.10. The van der Waals surface area contributed by atoms with Crippen molar-refractivity contribution < 1.29 is 18.0 Å². The molecule has 7 nitrogen and oxygen atoms in total. The lowest BCUT2D eigenvalue weighted by molar-refractivity contribution is -0.140. The molecule has 0 bridgehead atoms. The normalized spacial score (nSPS) is 13.4. The summed E-state index contributed by atoms with van der Waals surface area (Å²) in [5.41, 5.74) is 1.77. The van der Waals surface area contributed by atoms with Crippen molar-refractivity contribution in [1.82, 2.24) is 14.5 Å². The molecule has 0 spiro atoms. The standard InChI is InChI=1S/C24H32BrN3O4S/c1-6-18(3)26-24(30)19(4)28(15-20-9-11-21(25)12-10-20)23(29)16-27(5)33(31,32)22-13-7-17(2)8-14-22/h7-14,18-19H,6,15-16H2,1-5H3,(H,26,30)/t18-,19-/m0/s1. The molecule has 0 aliphatic rings. The Labute approximate surface area is 205 Å². The van der Waals surface area contributed by atoms with E-state index in [-0.39, 0.29) is 29.9 Å². The summed E-state index contributed by atoms with van der Waals surface area (Å²) in [4.78, 5) is 27.6. The number of carbonyl (C=O) groups excluding carboxylic acids is 2. The smallest absolute Gasteiger partial charge is 0.243 e. The summed E-state index contributed by atoms with van der Waals surface area (Å²) in [6, 6.07) is 13.1. The molecule has 0 saturated heterocycles. The molecule has 0 radical (unpaired) electrons. The van der Waals surface area contributed by atoms with Gasteiger partial charge < -0.3 is 10.2 Å². The molecule has 0 aromatic heterocycles. The third kappa shape index (κ3) is 7.38. The summed E-state index contributed by atoms with van der Waals surface area (Å²) < 4.78 is 27.8. The van der Waals surface area contributed by atoms with Crippen LogP contribution in [0.25, 0.3) is 0 Å². The van der Waals surface area contributed by atoms with Crippen LogP contribution in [0.4, 0.5) is 0 Å². The molecular weight excluding hydrogens is 506 g/mol. The second-order valence-electron chi connectivity index (χ2n) is 8.22. The van der Waals surface area contributed by atoms with Gasteiger partial charge in [0.1, 0.15) is 6.04 Å². The average Bonchev–Trinajstić information content (AvgIpc) is 2.78. The van der Waals surface area contributed by atoms with Gasteiger partial charge in [0, 0.05) is 24.1 Å². The molecule has 2 atom stereocenters. The number of hydrogen-bond donors (Lipinski definition) is 1. The predicted octanol–water partition coefficient (Wildman–Crippen LogP) is 3.71. The molecule has 2 amide bonds. The lowest BCUT2D eigenvalue weighted by Crippen LogP contribution is -2.51. The molecule has 0 aliphatic heterocycles. The fraction of sp³-hybridized carbons (Fsp3) is 0.417. The van der Waals surface area contributed by atoms with E-state index in [1.54, 1.807) is 19.1 Å². The number of nitrogens with zero attached hydrogens (tertiary/aromatic N) is 2. The number of amides is 2. The van der Waals surface area contributed by atoms with E-state index in [4.69, 9.17) is 0 Å². The maximum absolute atomic E-state index is 13.3. The van der Waals surface area contributed by atoms with E-state index in [9.17, 15) is 18.0 Å². The molecule has 33 heavy (non-hydrogen) atoms. The number of halogens is 1. The van der Waals surface area contributed by atoms with Crippen LogP contribution in [-0.2, 0) is 26.2 Å². The molecule has 9 heteroatoms. The molecule has 0 heterocycles. The van der Waals surface area contributed by atoms with E-state index >= 15 is 0 Å². The number of sulfonamides is 1. The molecule has 180 valence electrons. The zero-order chi connectivity index (χ0) is 24.8. The van der Waals surface area contributed by atoms with Crippen molar-refractivity contribution in [3.8, 4) is 0 Å². The monoisotopic (exact) mass is 537 g/mol. The van der Waals surface area contributed by atoms with Gasteiger partial charge in [0.25, 0.3) is 0 Å². The molecule has 0 fully saturated rings. The summed E-state index contributed by atoms with van der Waals surface area (Å²) >= 11 is 3.39. The van der Waals surface area contributed by atoms with Crippen LogP contribution < -0.4 is 5.32 Å². The van der Waals surface area contributed by atoms with Crippen molar-refractivity contribution in [2.75, 3.05) is 13.6 Å². The highest BCUT2D eigenvalue weighted by atomic mass is 79.9. The molecule has 0 saturated carbocycles. The molecule has 2 aromatic rings. The van der Waals surface area contributed by atoms with Crippen molar-refractivity contribution in [3.63, 3.8) is 0 Å². The van der Waals surface area contributed by atoms with E-state index in [1.807, 2.05) is 45.0 Å². The van der Waals surface area contributed by atoms with E-state index in [0.29, 0.717) is 0 Å². The SMILES string of the molecule is CC[C@H](C)NC(=O)[C@H](C)N(Cc1ccc(Br)cc1)C(=O)CN(C)S(=O)(=O)c1ccc(C)cc1. The van der Waals surface area contributed by atoms with Gasteiger partial charge in [-0.2, -0.15) is 4.31 Å². The summed E-state index contributed by atoms with van der Waals surface area (Å²) in [5, 5.41) is 2.90. The predicted molar refractivity (Wildman–Crippen MR) is 133 cm³/mol. The van der Waals surface area contributed by atoms with Crippen LogP contribution in [-0.4, -0.2) is 55.1 Å². The van der Waals surface area contributed by atoms with Gasteiger partial charge in [0.2, 0.25) is 21.8 Å². The van der Waals surface area contributed by atoms with Gasteiger partial charge in [-0.05, 0) is 57.0 Å². The van der Waals surface area contributed by atoms with Crippen LogP contribution in [0.5, 0.6) is 0 Å². The van der Waals surface area contributed by atoms with E-state index in [1.165, 1.54) is 24.1 Å². The minimum absolute atomic E-state index is 0.0332. The molecule has 0 aliphatic carbocycles. The van der Waals surface area contributed by atoms with Crippen LogP contribution in [0.2, 0.25) is 0 Å². The minimum Gasteiger partial charge on any atom is -0.352 e. The van der Waals surface area contributed by atoms with Crippen LogP contribution in [0, 0.1) is 6.92 Å². The van der Waals surface area contributed by atoms with Gasteiger partial charge in [-0.25, -0.2) is 8.42 Å². The third-order valence-corrected chi connectivity index (χ3v) is 7.87. The van der Waals surface area contributed by atoms with Crippen molar-refractivity contribution >= 4 is 37.8 Å². The minimum atomic E-state index is -3.85. The lowest BCUT2D eigenvalue weighted by Gasteiger charge is -2.31. The van der Waals surface area contributed by atoms with Gasteiger partial charge in [0.15, 0.2) is 0 Å².